The first-order valence-electron chi connectivity index (χ1n) is 8.02. The van der Waals surface area contributed by atoms with Crippen molar-refractivity contribution in [2.75, 3.05) is 13.1 Å². The van der Waals surface area contributed by atoms with Gasteiger partial charge in [-0.3, -0.25) is 4.79 Å². The number of hydrogen-bond acceptors (Lipinski definition) is 3. The Morgan fingerprint density at radius 1 is 1.22 bits per heavy atom. The van der Waals surface area contributed by atoms with Crippen LogP contribution < -0.4 is 0 Å². The summed E-state index contributed by atoms with van der Waals surface area (Å²) in [6.45, 7) is 0.835. The second kappa shape index (κ2) is 6.59. The van der Waals surface area contributed by atoms with Crippen molar-refractivity contribution in [1.29, 1.82) is 0 Å². The van der Waals surface area contributed by atoms with Crippen LogP contribution in [-0.4, -0.2) is 47.2 Å². The number of hydrogen-bond donors (Lipinski definition) is 1. The van der Waals surface area contributed by atoms with E-state index in [9.17, 15) is 18.3 Å². The van der Waals surface area contributed by atoms with Crippen molar-refractivity contribution >= 4 is 16.2 Å². The average Bonchev–Trinajstić information content (AvgIpc) is 3.38. The van der Waals surface area contributed by atoms with Gasteiger partial charge in [-0.2, -0.15) is 17.0 Å². The van der Waals surface area contributed by atoms with Gasteiger partial charge in [0.05, 0.1) is 5.92 Å². The summed E-state index contributed by atoms with van der Waals surface area (Å²) in [7, 11) is -3.62. The first kappa shape index (κ1) is 16.4. The molecule has 0 bridgehead atoms. The molecule has 6 nitrogen and oxygen atoms in total. The van der Waals surface area contributed by atoms with Gasteiger partial charge in [-0.05, 0) is 31.2 Å². The Hall–Kier alpha value is -1.44. The summed E-state index contributed by atoms with van der Waals surface area (Å²) in [6.07, 6.45) is 2.90. The lowest BCUT2D eigenvalue weighted by molar-refractivity contribution is -0.142. The number of rotatable bonds is 6. The highest BCUT2D eigenvalue weighted by Crippen LogP contribution is 2.33. The number of benzene rings is 1. The Balaban J connectivity index is 1.79. The number of carbonyl (C=O) groups is 1. The largest absolute Gasteiger partial charge is 0.481 e. The predicted octanol–water partition coefficient (Wildman–Crippen LogP) is 1.69. The fraction of sp³-hybridized carbons (Fsp3) is 0.562. The molecule has 2 aliphatic rings. The first-order valence-corrected chi connectivity index (χ1v) is 9.42. The molecule has 126 valence electrons. The van der Waals surface area contributed by atoms with E-state index in [2.05, 4.69) is 0 Å². The molecule has 7 heteroatoms. The van der Waals surface area contributed by atoms with E-state index >= 15 is 0 Å². The fourth-order valence-electron chi connectivity index (χ4n) is 3.03. The standard InChI is InChI=1S/C16H22N2O4S/c19-16(20)14-7-4-10-17(12-14)23(21,22)18(15-8-9-15)11-13-5-2-1-3-6-13/h1-3,5-6,14-15H,4,7-12H2,(H,19,20). The van der Waals surface area contributed by atoms with Gasteiger partial charge >= 0.3 is 5.97 Å². The zero-order chi connectivity index (χ0) is 16.4. The normalized spacial score (nSPS) is 23.1. The maximum absolute atomic E-state index is 13.0. The minimum atomic E-state index is -3.62. The van der Waals surface area contributed by atoms with E-state index in [1.54, 1.807) is 4.31 Å². The molecule has 0 spiro atoms. The Kier molecular flexibility index (Phi) is 4.70. The van der Waals surface area contributed by atoms with Crippen LogP contribution in [0.3, 0.4) is 0 Å². The molecule has 0 aromatic heterocycles. The molecule has 0 amide bonds. The third-order valence-corrected chi connectivity index (χ3v) is 6.50. The van der Waals surface area contributed by atoms with E-state index < -0.39 is 22.1 Å². The quantitative estimate of drug-likeness (QED) is 0.856. The van der Waals surface area contributed by atoms with Gasteiger partial charge in [-0.15, -0.1) is 0 Å². The lowest BCUT2D eigenvalue weighted by Gasteiger charge is -2.34. The Bertz CT molecular complexity index is 658. The average molecular weight is 338 g/mol. The van der Waals surface area contributed by atoms with Crippen LogP contribution >= 0.6 is 0 Å². The Morgan fingerprint density at radius 3 is 2.52 bits per heavy atom. The fourth-order valence-corrected chi connectivity index (χ4v) is 4.95. The molecule has 1 atom stereocenters. The highest BCUT2D eigenvalue weighted by atomic mass is 32.2. The first-order chi connectivity index (χ1) is 11.0. The van der Waals surface area contributed by atoms with Gasteiger partial charge in [0, 0.05) is 25.7 Å². The Labute approximate surface area is 136 Å². The van der Waals surface area contributed by atoms with Gasteiger partial charge in [0.2, 0.25) is 0 Å². The van der Waals surface area contributed by atoms with Crippen LogP contribution in [-0.2, 0) is 21.5 Å². The lowest BCUT2D eigenvalue weighted by atomic mass is 10.0. The van der Waals surface area contributed by atoms with Crippen molar-refractivity contribution < 1.29 is 18.3 Å². The highest BCUT2D eigenvalue weighted by Gasteiger charge is 2.42. The van der Waals surface area contributed by atoms with Crippen LogP contribution in [0.25, 0.3) is 0 Å². The van der Waals surface area contributed by atoms with Crippen LogP contribution in [0, 0.1) is 5.92 Å². The van der Waals surface area contributed by atoms with E-state index in [1.807, 2.05) is 30.3 Å². The summed E-state index contributed by atoms with van der Waals surface area (Å²) in [5.74, 6) is -1.51. The van der Waals surface area contributed by atoms with Gasteiger partial charge < -0.3 is 5.11 Å². The summed E-state index contributed by atoms with van der Waals surface area (Å²) in [5.41, 5.74) is 0.953. The van der Waals surface area contributed by atoms with Gasteiger partial charge in [0.15, 0.2) is 0 Å². The number of nitrogens with zero attached hydrogens (tertiary/aromatic N) is 2. The molecule has 1 heterocycles. The predicted molar refractivity (Wildman–Crippen MR) is 85.9 cm³/mol. The smallest absolute Gasteiger partial charge is 0.307 e. The monoisotopic (exact) mass is 338 g/mol. The lowest BCUT2D eigenvalue weighted by Crippen LogP contribution is -2.49. The summed E-state index contributed by atoms with van der Waals surface area (Å²) < 4.78 is 28.9. The van der Waals surface area contributed by atoms with Crippen molar-refractivity contribution in [2.45, 2.75) is 38.3 Å². The molecule has 0 radical (unpaired) electrons. The Morgan fingerprint density at radius 2 is 1.91 bits per heavy atom. The van der Waals surface area contributed by atoms with Gasteiger partial charge in [-0.1, -0.05) is 30.3 Å². The van der Waals surface area contributed by atoms with Crippen molar-refractivity contribution in [3.8, 4) is 0 Å². The minimum absolute atomic E-state index is 0.0467. The van der Waals surface area contributed by atoms with Gasteiger partial charge in [-0.25, -0.2) is 0 Å². The molecule has 1 saturated heterocycles. The number of carboxylic acids is 1. The molecular formula is C16H22N2O4S. The van der Waals surface area contributed by atoms with E-state index in [1.165, 1.54) is 4.31 Å². The zero-order valence-electron chi connectivity index (χ0n) is 13.0. The summed E-state index contributed by atoms with van der Waals surface area (Å²) in [4.78, 5) is 11.2. The summed E-state index contributed by atoms with van der Waals surface area (Å²) in [5, 5.41) is 9.18. The van der Waals surface area contributed by atoms with Crippen molar-refractivity contribution in [2.24, 2.45) is 5.92 Å². The third kappa shape index (κ3) is 3.73. The molecule has 1 aromatic rings. The molecule has 1 aromatic carbocycles. The molecule has 1 aliphatic heterocycles. The third-order valence-electron chi connectivity index (χ3n) is 4.49. The second-order valence-electron chi connectivity index (χ2n) is 6.31. The highest BCUT2D eigenvalue weighted by molar-refractivity contribution is 7.86. The molecule has 3 rings (SSSR count). The van der Waals surface area contributed by atoms with Gasteiger partial charge in [0.1, 0.15) is 0 Å². The van der Waals surface area contributed by atoms with Crippen molar-refractivity contribution in [3.05, 3.63) is 35.9 Å². The molecule has 2 fully saturated rings. The number of piperidine rings is 1. The zero-order valence-corrected chi connectivity index (χ0v) is 13.8. The van der Waals surface area contributed by atoms with Crippen LogP contribution in [0.1, 0.15) is 31.2 Å². The summed E-state index contributed by atoms with van der Waals surface area (Å²) in [6, 6.07) is 9.58. The van der Waals surface area contributed by atoms with Gasteiger partial charge in [0.25, 0.3) is 10.2 Å². The molecule has 1 saturated carbocycles. The van der Waals surface area contributed by atoms with Crippen LogP contribution in [0.2, 0.25) is 0 Å². The number of aliphatic carboxylic acids is 1. The van der Waals surface area contributed by atoms with E-state index in [4.69, 9.17) is 0 Å². The molecule has 1 N–H and O–H groups in total. The SMILES string of the molecule is O=C(O)C1CCCN(S(=O)(=O)N(Cc2ccccc2)C2CC2)C1. The maximum atomic E-state index is 13.0. The molecule has 23 heavy (non-hydrogen) atoms. The minimum Gasteiger partial charge on any atom is -0.481 e. The van der Waals surface area contributed by atoms with Crippen molar-refractivity contribution in [3.63, 3.8) is 0 Å². The number of carboxylic acid groups (broad SMARTS) is 1. The molecule has 1 aliphatic carbocycles. The summed E-state index contributed by atoms with van der Waals surface area (Å²) >= 11 is 0. The van der Waals surface area contributed by atoms with E-state index in [-0.39, 0.29) is 12.6 Å². The molecule has 1 unspecified atom stereocenters. The molecular weight excluding hydrogens is 316 g/mol. The van der Waals surface area contributed by atoms with Crippen molar-refractivity contribution in [1.82, 2.24) is 8.61 Å². The van der Waals surface area contributed by atoms with E-state index in [0.717, 1.165) is 18.4 Å². The topological polar surface area (TPSA) is 77.9 Å². The van der Waals surface area contributed by atoms with Crippen LogP contribution in [0.4, 0.5) is 0 Å². The van der Waals surface area contributed by atoms with Crippen LogP contribution in [0.15, 0.2) is 30.3 Å². The second-order valence-corrected chi connectivity index (χ2v) is 8.19. The maximum Gasteiger partial charge on any atom is 0.307 e. The van der Waals surface area contributed by atoms with E-state index in [0.29, 0.717) is 25.9 Å². The van der Waals surface area contributed by atoms with Crippen LogP contribution in [0.5, 0.6) is 0 Å².